The van der Waals surface area contributed by atoms with Crippen LogP contribution in [0.2, 0.25) is 0 Å². The van der Waals surface area contributed by atoms with Crippen LogP contribution in [0.1, 0.15) is 32.6 Å². The first-order valence-corrected chi connectivity index (χ1v) is 9.10. The van der Waals surface area contributed by atoms with E-state index in [4.69, 9.17) is 4.74 Å². The fourth-order valence-electron chi connectivity index (χ4n) is 2.88. The van der Waals surface area contributed by atoms with Gasteiger partial charge in [0.05, 0.1) is 18.4 Å². The molecule has 2 aliphatic rings. The molecule has 1 amide bonds. The predicted molar refractivity (Wildman–Crippen MR) is 75.7 cm³/mol. The molecule has 0 bridgehead atoms. The van der Waals surface area contributed by atoms with Crippen LogP contribution < -0.4 is 5.32 Å². The van der Waals surface area contributed by atoms with Crippen molar-refractivity contribution in [1.82, 2.24) is 9.62 Å². The molecular formula is C13H24N2O4S. The average Bonchev–Trinajstić information content (AvgIpc) is 2.91. The maximum atomic E-state index is 12.2. The lowest BCUT2D eigenvalue weighted by molar-refractivity contribution is -0.127. The topological polar surface area (TPSA) is 75.7 Å². The van der Waals surface area contributed by atoms with Crippen LogP contribution >= 0.6 is 0 Å². The highest BCUT2D eigenvalue weighted by molar-refractivity contribution is 7.88. The first kappa shape index (κ1) is 15.7. The van der Waals surface area contributed by atoms with E-state index in [1.54, 1.807) is 0 Å². The summed E-state index contributed by atoms with van der Waals surface area (Å²) < 4.78 is 29.9. The number of piperidine rings is 1. The fraction of sp³-hybridized carbons (Fsp3) is 0.923. The third-order valence-corrected chi connectivity index (χ3v) is 5.49. The zero-order valence-electron chi connectivity index (χ0n) is 12.2. The molecule has 2 aliphatic heterocycles. The Morgan fingerprint density at radius 1 is 1.30 bits per heavy atom. The summed E-state index contributed by atoms with van der Waals surface area (Å²) in [7, 11) is -3.13. The molecule has 20 heavy (non-hydrogen) atoms. The molecule has 0 spiro atoms. The number of rotatable bonds is 4. The highest BCUT2D eigenvalue weighted by Crippen LogP contribution is 2.21. The van der Waals surface area contributed by atoms with Gasteiger partial charge < -0.3 is 10.1 Å². The highest BCUT2D eigenvalue weighted by atomic mass is 32.2. The number of hydrogen-bond acceptors (Lipinski definition) is 4. The largest absolute Gasteiger partial charge is 0.376 e. The van der Waals surface area contributed by atoms with E-state index in [9.17, 15) is 13.2 Å². The minimum absolute atomic E-state index is 0.0259. The smallest absolute Gasteiger partial charge is 0.223 e. The SMILES string of the molecule is C[C@@H](NC(=O)C1CCN(S(C)(=O)=O)CC1)[C@H]1CCCO1. The first-order chi connectivity index (χ1) is 9.38. The molecule has 0 aromatic heterocycles. The van der Waals surface area contributed by atoms with Gasteiger partial charge in [0.1, 0.15) is 0 Å². The van der Waals surface area contributed by atoms with Crippen LogP contribution in [0.3, 0.4) is 0 Å². The molecule has 6 nitrogen and oxygen atoms in total. The minimum Gasteiger partial charge on any atom is -0.376 e. The zero-order valence-corrected chi connectivity index (χ0v) is 13.0. The Kier molecular flexibility index (Phi) is 5.04. The number of nitrogens with one attached hydrogen (secondary N) is 1. The van der Waals surface area contributed by atoms with Crippen molar-refractivity contribution < 1.29 is 17.9 Å². The summed E-state index contributed by atoms with van der Waals surface area (Å²) in [5.74, 6) is -0.0574. The summed E-state index contributed by atoms with van der Waals surface area (Å²) in [6, 6.07) is 0.0259. The Balaban J connectivity index is 1.79. The van der Waals surface area contributed by atoms with E-state index in [-0.39, 0.29) is 24.0 Å². The number of sulfonamides is 1. The van der Waals surface area contributed by atoms with Crippen LogP contribution in [0.15, 0.2) is 0 Å². The standard InChI is InChI=1S/C13H24N2O4S/c1-10(12-4-3-9-19-12)14-13(16)11-5-7-15(8-6-11)20(2,17)18/h10-12H,3-9H2,1-2H3,(H,14,16)/t10-,12-/m1/s1. The summed E-state index contributed by atoms with van der Waals surface area (Å²) in [5.41, 5.74) is 0. The molecule has 116 valence electrons. The lowest BCUT2D eigenvalue weighted by Crippen LogP contribution is -2.47. The Hall–Kier alpha value is -0.660. The van der Waals surface area contributed by atoms with Crippen molar-refractivity contribution in [2.24, 2.45) is 5.92 Å². The molecule has 2 saturated heterocycles. The van der Waals surface area contributed by atoms with E-state index in [1.807, 2.05) is 6.92 Å². The number of carbonyl (C=O) groups is 1. The van der Waals surface area contributed by atoms with Crippen molar-refractivity contribution in [2.75, 3.05) is 26.0 Å². The van der Waals surface area contributed by atoms with Crippen molar-refractivity contribution >= 4 is 15.9 Å². The van der Waals surface area contributed by atoms with Gasteiger partial charge in [-0.1, -0.05) is 0 Å². The van der Waals surface area contributed by atoms with Gasteiger partial charge in [0.25, 0.3) is 0 Å². The average molecular weight is 304 g/mol. The lowest BCUT2D eigenvalue weighted by atomic mass is 9.96. The van der Waals surface area contributed by atoms with Crippen molar-refractivity contribution in [2.45, 2.75) is 44.8 Å². The Morgan fingerprint density at radius 3 is 2.45 bits per heavy atom. The molecule has 2 atom stereocenters. The molecule has 0 unspecified atom stereocenters. The van der Waals surface area contributed by atoms with Gasteiger partial charge in [0, 0.05) is 25.6 Å². The maximum absolute atomic E-state index is 12.2. The monoisotopic (exact) mass is 304 g/mol. The van der Waals surface area contributed by atoms with Crippen LogP contribution in [0.4, 0.5) is 0 Å². The van der Waals surface area contributed by atoms with Gasteiger partial charge in [-0.3, -0.25) is 4.79 Å². The molecule has 1 N–H and O–H groups in total. The van der Waals surface area contributed by atoms with Crippen molar-refractivity contribution in [3.8, 4) is 0 Å². The second kappa shape index (κ2) is 6.41. The highest BCUT2D eigenvalue weighted by Gasteiger charge is 2.31. The zero-order chi connectivity index (χ0) is 14.8. The molecule has 2 fully saturated rings. The van der Waals surface area contributed by atoms with E-state index in [1.165, 1.54) is 10.6 Å². The van der Waals surface area contributed by atoms with Gasteiger partial charge in [-0.05, 0) is 32.6 Å². The van der Waals surface area contributed by atoms with Crippen molar-refractivity contribution in [1.29, 1.82) is 0 Å². The minimum atomic E-state index is -3.13. The van der Waals surface area contributed by atoms with E-state index in [0.29, 0.717) is 25.9 Å². The molecule has 2 rings (SSSR count). The summed E-state index contributed by atoms with van der Waals surface area (Å²) >= 11 is 0. The molecule has 0 aromatic rings. The maximum Gasteiger partial charge on any atom is 0.223 e. The first-order valence-electron chi connectivity index (χ1n) is 7.25. The Bertz CT molecular complexity index is 437. The Morgan fingerprint density at radius 2 is 1.95 bits per heavy atom. The van der Waals surface area contributed by atoms with Crippen molar-refractivity contribution in [3.05, 3.63) is 0 Å². The number of carbonyl (C=O) groups excluding carboxylic acids is 1. The molecule has 0 aliphatic carbocycles. The van der Waals surface area contributed by atoms with E-state index in [0.717, 1.165) is 19.4 Å². The van der Waals surface area contributed by atoms with Crippen LogP contribution in [0.25, 0.3) is 0 Å². The van der Waals surface area contributed by atoms with Crippen LogP contribution in [0, 0.1) is 5.92 Å². The molecule has 2 heterocycles. The molecule has 7 heteroatoms. The van der Waals surface area contributed by atoms with Gasteiger partial charge in [-0.25, -0.2) is 12.7 Å². The van der Waals surface area contributed by atoms with Gasteiger partial charge in [0.15, 0.2) is 0 Å². The number of amides is 1. The van der Waals surface area contributed by atoms with Gasteiger partial charge >= 0.3 is 0 Å². The fourth-order valence-corrected chi connectivity index (χ4v) is 3.76. The normalized spacial score (nSPS) is 27.4. The quantitative estimate of drug-likeness (QED) is 0.813. The lowest BCUT2D eigenvalue weighted by Gasteiger charge is -2.30. The van der Waals surface area contributed by atoms with E-state index < -0.39 is 10.0 Å². The van der Waals surface area contributed by atoms with E-state index >= 15 is 0 Å². The Labute approximate surface area is 120 Å². The second-order valence-electron chi connectivity index (χ2n) is 5.79. The number of nitrogens with zero attached hydrogens (tertiary/aromatic N) is 1. The molecular weight excluding hydrogens is 280 g/mol. The predicted octanol–water partition coefficient (Wildman–Crippen LogP) is 0.342. The molecule has 0 aromatic carbocycles. The van der Waals surface area contributed by atoms with Crippen molar-refractivity contribution in [3.63, 3.8) is 0 Å². The van der Waals surface area contributed by atoms with Crippen LogP contribution in [-0.2, 0) is 19.6 Å². The third kappa shape index (κ3) is 3.93. The third-order valence-electron chi connectivity index (χ3n) is 4.19. The van der Waals surface area contributed by atoms with Gasteiger partial charge in [0.2, 0.25) is 15.9 Å². The van der Waals surface area contributed by atoms with Gasteiger partial charge in [-0.2, -0.15) is 0 Å². The summed E-state index contributed by atoms with van der Waals surface area (Å²) in [4.78, 5) is 12.2. The number of ether oxygens (including phenoxy) is 1. The van der Waals surface area contributed by atoms with Crippen LogP contribution in [-0.4, -0.2) is 56.7 Å². The summed E-state index contributed by atoms with van der Waals surface area (Å²) in [6.45, 7) is 3.62. The van der Waals surface area contributed by atoms with E-state index in [2.05, 4.69) is 5.32 Å². The molecule has 0 saturated carbocycles. The molecule has 0 radical (unpaired) electrons. The number of hydrogen-bond donors (Lipinski definition) is 1. The summed E-state index contributed by atoms with van der Waals surface area (Å²) in [5, 5.41) is 3.01. The summed E-state index contributed by atoms with van der Waals surface area (Å²) in [6.07, 6.45) is 4.57. The van der Waals surface area contributed by atoms with Crippen LogP contribution in [0.5, 0.6) is 0 Å². The second-order valence-corrected chi connectivity index (χ2v) is 7.77. The van der Waals surface area contributed by atoms with Gasteiger partial charge in [-0.15, -0.1) is 0 Å².